The third kappa shape index (κ3) is 3.95. The second-order valence-electron chi connectivity index (χ2n) is 7.40. The summed E-state index contributed by atoms with van der Waals surface area (Å²) in [5, 5.41) is 0. The molecule has 0 radical (unpaired) electrons. The van der Waals surface area contributed by atoms with Gasteiger partial charge in [0.15, 0.2) is 0 Å². The van der Waals surface area contributed by atoms with Gasteiger partial charge in [-0.2, -0.15) is 0 Å². The van der Waals surface area contributed by atoms with Crippen molar-refractivity contribution in [3.05, 3.63) is 96.6 Å². The molecule has 4 heteroatoms. The Labute approximate surface area is 162 Å². The average molecular weight is 361 g/mol. The highest BCUT2D eigenvalue weighted by Gasteiger charge is 2.23. The van der Waals surface area contributed by atoms with E-state index in [1.54, 1.807) is 0 Å². The lowest BCUT2D eigenvalue weighted by molar-refractivity contribution is 0.139. The third-order valence-electron chi connectivity index (χ3n) is 5.55. The maximum Gasteiger partial charge on any atom is 0.0927 e. The predicted molar refractivity (Wildman–Crippen MR) is 110 cm³/mol. The first-order valence-corrected chi connectivity index (χ1v) is 9.67. The summed E-state index contributed by atoms with van der Waals surface area (Å²) >= 11 is 0. The molecule has 140 valence electrons. The Morgan fingerprint density at radius 3 is 1.44 bits per heavy atom. The molecule has 2 aromatic rings. The molecule has 2 atom stereocenters. The number of rotatable bonds is 6. The van der Waals surface area contributed by atoms with Crippen molar-refractivity contribution in [2.45, 2.75) is 25.9 Å². The van der Waals surface area contributed by atoms with Crippen LogP contribution in [-0.2, 0) is 0 Å². The molecule has 2 aliphatic heterocycles. The third-order valence-corrected chi connectivity index (χ3v) is 5.55. The molecule has 0 N–H and O–H groups in total. The molecule has 2 aromatic carbocycles. The van der Waals surface area contributed by atoms with Crippen LogP contribution in [0.3, 0.4) is 0 Å². The smallest absolute Gasteiger partial charge is 0.0927 e. The zero-order valence-corrected chi connectivity index (χ0v) is 16.1. The van der Waals surface area contributed by atoms with Crippen molar-refractivity contribution in [3.8, 4) is 0 Å². The second kappa shape index (κ2) is 7.78. The maximum atomic E-state index is 2.39. The maximum absolute atomic E-state index is 2.39. The molecule has 0 unspecified atom stereocenters. The van der Waals surface area contributed by atoms with Crippen LogP contribution in [0.2, 0.25) is 0 Å². The topological polar surface area (TPSA) is 13.0 Å². The minimum Gasteiger partial charge on any atom is -0.352 e. The van der Waals surface area contributed by atoms with Gasteiger partial charge < -0.3 is 19.6 Å². The molecular formula is C23H28N4. The van der Waals surface area contributed by atoms with Gasteiger partial charge in [0.2, 0.25) is 0 Å². The Morgan fingerprint density at radius 2 is 1.04 bits per heavy atom. The van der Waals surface area contributed by atoms with Crippen molar-refractivity contribution in [1.29, 1.82) is 0 Å². The lowest BCUT2D eigenvalue weighted by Gasteiger charge is -2.31. The van der Waals surface area contributed by atoms with Gasteiger partial charge in [-0.1, -0.05) is 60.7 Å². The summed E-state index contributed by atoms with van der Waals surface area (Å²) in [7, 11) is 0. The van der Waals surface area contributed by atoms with E-state index in [0.717, 1.165) is 20.0 Å². The van der Waals surface area contributed by atoms with Gasteiger partial charge in [-0.25, -0.2) is 0 Å². The molecule has 0 fully saturated rings. The van der Waals surface area contributed by atoms with Crippen molar-refractivity contribution in [2.75, 3.05) is 20.0 Å². The van der Waals surface area contributed by atoms with Gasteiger partial charge in [0.1, 0.15) is 0 Å². The standard InChI is InChI=1S/C23H28N4/c1-20(22-9-5-3-6-10-22)26-15-13-24(18-26)17-25-14-16-27(19-25)21(2)23-11-7-4-8-12-23/h3-16,20-21H,17-19H2,1-2H3/t20-,21-/m0/s1. The molecule has 0 bridgehead atoms. The van der Waals surface area contributed by atoms with Crippen molar-refractivity contribution < 1.29 is 0 Å². The summed E-state index contributed by atoms with van der Waals surface area (Å²) in [6.07, 6.45) is 8.83. The average Bonchev–Trinajstić information content (AvgIpc) is 3.38. The van der Waals surface area contributed by atoms with Crippen LogP contribution in [0.4, 0.5) is 0 Å². The van der Waals surface area contributed by atoms with E-state index in [1.165, 1.54) is 11.1 Å². The summed E-state index contributed by atoms with van der Waals surface area (Å²) in [4.78, 5) is 9.50. The fourth-order valence-corrected chi connectivity index (χ4v) is 3.73. The number of hydrogen-bond donors (Lipinski definition) is 0. The van der Waals surface area contributed by atoms with Gasteiger partial charge in [0.25, 0.3) is 0 Å². The minimum absolute atomic E-state index is 0.385. The van der Waals surface area contributed by atoms with E-state index in [4.69, 9.17) is 0 Å². The first kappa shape index (κ1) is 17.5. The number of benzene rings is 2. The van der Waals surface area contributed by atoms with Crippen LogP contribution in [0.25, 0.3) is 0 Å². The Balaban J connectivity index is 1.29. The molecule has 0 aromatic heterocycles. The highest BCUT2D eigenvalue weighted by atomic mass is 15.5. The second-order valence-corrected chi connectivity index (χ2v) is 7.40. The molecule has 4 rings (SSSR count). The van der Waals surface area contributed by atoms with Crippen molar-refractivity contribution >= 4 is 0 Å². The zero-order valence-electron chi connectivity index (χ0n) is 16.1. The van der Waals surface area contributed by atoms with Gasteiger partial charge in [0, 0.05) is 24.8 Å². The lowest BCUT2D eigenvalue weighted by atomic mass is 10.1. The Kier molecular flexibility index (Phi) is 5.05. The van der Waals surface area contributed by atoms with E-state index in [9.17, 15) is 0 Å². The fourth-order valence-electron chi connectivity index (χ4n) is 3.73. The summed E-state index contributed by atoms with van der Waals surface area (Å²) in [6.45, 7) is 7.29. The fraction of sp³-hybridized carbons (Fsp3) is 0.304. The minimum atomic E-state index is 0.385. The van der Waals surface area contributed by atoms with Crippen LogP contribution < -0.4 is 0 Å². The van der Waals surface area contributed by atoms with Crippen LogP contribution in [-0.4, -0.2) is 39.6 Å². The normalized spacial score (nSPS) is 18.4. The van der Waals surface area contributed by atoms with Gasteiger partial charge in [-0.05, 0) is 25.0 Å². The molecule has 4 nitrogen and oxygen atoms in total. The molecular weight excluding hydrogens is 332 g/mol. The first-order valence-electron chi connectivity index (χ1n) is 9.67. The van der Waals surface area contributed by atoms with Crippen LogP contribution in [0, 0.1) is 0 Å². The van der Waals surface area contributed by atoms with Crippen molar-refractivity contribution in [2.24, 2.45) is 0 Å². The van der Waals surface area contributed by atoms with E-state index in [2.05, 4.69) is 119 Å². The highest BCUT2D eigenvalue weighted by molar-refractivity contribution is 5.20. The van der Waals surface area contributed by atoms with Crippen molar-refractivity contribution in [3.63, 3.8) is 0 Å². The molecule has 27 heavy (non-hydrogen) atoms. The largest absolute Gasteiger partial charge is 0.352 e. The van der Waals surface area contributed by atoms with Gasteiger partial charge in [-0.3, -0.25) is 0 Å². The molecule has 0 spiro atoms. The van der Waals surface area contributed by atoms with Crippen molar-refractivity contribution in [1.82, 2.24) is 19.6 Å². The summed E-state index contributed by atoms with van der Waals surface area (Å²) < 4.78 is 0. The Morgan fingerprint density at radius 1 is 0.630 bits per heavy atom. The monoisotopic (exact) mass is 360 g/mol. The van der Waals surface area contributed by atoms with Crippen LogP contribution in [0.5, 0.6) is 0 Å². The van der Waals surface area contributed by atoms with Gasteiger partial charge in [0.05, 0.1) is 32.1 Å². The van der Waals surface area contributed by atoms with Crippen LogP contribution in [0.1, 0.15) is 37.1 Å². The molecule has 2 aliphatic rings. The number of nitrogens with zero attached hydrogens (tertiary/aromatic N) is 4. The zero-order chi connectivity index (χ0) is 18.6. The van der Waals surface area contributed by atoms with E-state index in [-0.39, 0.29) is 0 Å². The molecule has 0 saturated carbocycles. The summed E-state index contributed by atoms with van der Waals surface area (Å²) in [5.41, 5.74) is 2.71. The SMILES string of the molecule is C[C@@H](c1ccccc1)N1C=CN(CN2C=CN([C@@H](C)c3ccccc3)C2)C1. The van der Waals surface area contributed by atoms with E-state index in [0.29, 0.717) is 12.1 Å². The molecule has 0 saturated heterocycles. The van der Waals surface area contributed by atoms with Crippen LogP contribution >= 0.6 is 0 Å². The highest BCUT2D eigenvalue weighted by Crippen LogP contribution is 2.26. The van der Waals surface area contributed by atoms with E-state index in [1.807, 2.05) is 0 Å². The summed E-state index contributed by atoms with van der Waals surface area (Å²) in [6, 6.07) is 22.2. The quantitative estimate of drug-likeness (QED) is 0.749. The summed E-state index contributed by atoms with van der Waals surface area (Å²) in [5.74, 6) is 0. The molecule has 0 aliphatic carbocycles. The number of hydrogen-bond acceptors (Lipinski definition) is 4. The van der Waals surface area contributed by atoms with Crippen LogP contribution in [0.15, 0.2) is 85.5 Å². The Bertz CT molecular complexity index is 719. The Hall–Kier alpha value is -2.88. The predicted octanol–water partition coefficient (Wildman–Crippen LogP) is 4.56. The molecule has 0 amide bonds. The lowest BCUT2D eigenvalue weighted by Crippen LogP contribution is -2.36. The van der Waals surface area contributed by atoms with E-state index < -0.39 is 0 Å². The molecule has 2 heterocycles. The first-order chi connectivity index (χ1) is 13.2. The van der Waals surface area contributed by atoms with E-state index >= 15 is 0 Å². The van der Waals surface area contributed by atoms with Gasteiger partial charge in [-0.15, -0.1) is 0 Å². The van der Waals surface area contributed by atoms with Gasteiger partial charge >= 0.3 is 0 Å².